The molecule has 182 valence electrons. The van der Waals surface area contributed by atoms with Crippen molar-refractivity contribution in [2.24, 2.45) is 0 Å². The van der Waals surface area contributed by atoms with E-state index in [0.29, 0.717) is 23.9 Å². The molecule has 0 bridgehead atoms. The van der Waals surface area contributed by atoms with E-state index in [0.717, 1.165) is 5.56 Å². The number of nitrogens with zero attached hydrogens (tertiary/aromatic N) is 4. The average molecular weight is 485 g/mol. The molecular formula is C26H24N6O4. The zero-order valence-electron chi connectivity index (χ0n) is 19.7. The molecule has 4 aromatic rings. The summed E-state index contributed by atoms with van der Waals surface area (Å²) >= 11 is 0. The summed E-state index contributed by atoms with van der Waals surface area (Å²) in [7, 11) is 2.52. The van der Waals surface area contributed by atoms with Gasteiger partial charge in [0.15, 0.2) is 11.6 Å². The number of ether oxygens (including phenoxy) is 2. The highest BCUT2D eigenvalue weighted by atomic mass is 16.5. The van der Waals surface area contributed by atoms with Crippen LogP contribution in [-0.4, -0.2) is 41.1 Å². The molecule has 2 aromatic heterocycles. The number of carbonyl (C=O) groups excluding carboxylic acids is 2. The van der Waals surface area contributed by atoms with Gasteiger partial charge in [-0.05, 0) is 35.9 Å². The molecule has 0 amide bonds. The van der Waals surface area contributed by atoms with Gasteiger partial charge in [0.2, 0.25) is 0 Å². The number of aromatic nitrogens is 3. The van der Waals surface area contributed by atoms with Crippen LogP contribution in [0.2, 0.25) is 0 Å². The number of nitrogens with one attached hydrogen (secondary N) is 1. The molecule has 0 aliphatic carbocycles. The van der Waals surface area contributed by atoms with Gasteiger partial charge in [-0.25, -0.2) is 24.5 Å². The summed E-state index contributed by atoms with van der Waals surface area (Å²) in [5.74, 6) is 0.159. The Labute approximate surface area is 207 Å². The molecule has 2 heterocycles. The Balaban J connectivity index is 1.74. The maximum Gasteiger partial charge on any atom is 0.337 e. The van der Waals surface area contributed by atoms with E-state index in [1.807, 2.05) is 53.4 Å². The second-order valence-corrected chi connectivity index (χ2v) is 7.63. The highest BCUT2D eigenvalue weighted by Gasteiger charge is 2.20. The molecule has 3 N–H and O–H groups in total. The Morgan fingerprint density at radius 3 is 2.17 bits per heavy atom. The van der Waals surface area contributed by atoms with Gasteiger partial charge in [0.05, 0.1) is 31.9 Å². The van der Waals surface area contributed by atoms with Gasteiger partial charge in [-0.2, -0.15) is 0 Å². The molecule has 0 saturated heterocycles. The lowest BCUT2D eigenvalue weighted by Gasteiger charge is -2.25. The third-order valence-electron chi connectivity index (χ3n) is 5.27. The molecule has 0 saturated carbocycles. The number of carbonyl (C=O) groups is 2. The van der Waals surface area contributed by atoms with Gasteiger partial charge >= 0.3 is 11.9 Å². The molecule has 0 spiro atoms. The monoisotopic (exact) mass is 484 g/mol. The van der Waals surface area contributed by atoms with Crippen molar-refractivity contribution in [3.8, 4) is 0 Å². The molecule has 10 heteroatoms. The fraction of sp³-hybridized carbons (Fsp3) is 0.115. The van der Waals surface area contributed by atoms with E-state index < -0.39 is 11.9 Å². The average Bonchev–Trinajstić information content (AvgIpc) is 2.93. The summed E-state index contributed by atoms with van der Waals surface area (Å²) in [4.78, 5) is 39.4. The standard InChI is InChI=1S/C26H24N6O4/c1-35-25(33)18-12-19(26(34)36-2)14-20(13-18)31-23-22(27)24(30-16-29-23)32(21-10-6-7-11-28-21)15-17-8-4-3-5-9-17/h3-14,16H,15,27H2,1-2H3,(H,29,30,31). The highest BCUT2D eigenvalue weighted by Crippen LogP contribution is 2.33. The minimum Gasteiger partial charge on any atom is -0.465 e. The number of hydrogen-bond donors (Lipinski definition) is 2. The number of esters is 2. The van der Waals surface area contributed by atoms with Crippen LogP contribution < -0.4 is 16.0 Å². The van der Waals surface area contributed by atoms with E-state index in [1.54, 1.807) is 6.20 Å². The minimum atomic E-state index is -0.607. The van der Waals surface area contributed by atoms with Crippen LogP contribution in [0.5, 0.6) is 0 Å². The molecule has 10 nitrogen and oxygen atoms in total. The normalized spacial score (nSPS) is 10.4. The molecule has 0 radical (unpaired) electrons. The van der Waals surface area contributed by atoms with Crippen molar-refractivity contribution in [3.05, 3.63) is 95.9 Å². The van der Waals surface area contributed by atoms with Gasteiger partial charge in [-0.1, -0.05) is 36.4 Å². The van der Waals surface area contributed by atoms with E-state index >= 15 is 0 Å². The molecule has 0 fully saturated rings. The molecule has 2 aromatic carbocycles. The second kappa shape index (κ2) is 11.0. The lowest BCUT2D eigenvalue weighted by atomic mass is 10.1. The van der Waals surface area contributed by atoms with Crippen LogP contribution in [0.4, 0.5) is 28.8 Å². The fourth-order valence-corrected chi connectivity index (χ4v) is 3.55. The third kappa shape index (κ3) is 5.39. The first kappa shape index (κ1) is 24.1. The Morgan fingerprint density at radius 2 is 1.56 bits per heavy atom. The second-order valence-electron chi connectivity index (χ2n) is 7.63. The van der Waals surface area contributed by atoms with Gasteiger partial charge in [-0.3, -0.25) is 0 Å². The van der Waals surface area contributed by atoms with Crippen LogP contribution in [-0.2, 0) is 16.0 Å². The van der Waals surface area contributed by atoms with Crippen molar-refractivity contribution < 1.29 is 19.1 Å². The summed E-state index contributed by atoms with van der Waals surface area (Å²) < 4.78 is 9.61. The van der Waals surface area contributed by atoms with E-state index in [2.05, 4.69) is 20.3 Å². The summed E-state index contributed by atoms with van der Waals surface area (Å²) in [6, 6.07) is 19.9. The Hall–Kier alpha value is -4.99. The zero-order chi connectivity index (χ0) is 25.5. The summed E-state index contributed by atoms with van der Waals surface area (Å²) in [6.45, 7) is 0.461. The maximum atomic E-state index is 12.2. The number of methoxy groups -OCH3 is 2. The Bertz CT molecular complexity index is 1330. The van der Waals surface area contributed by atoms with Crippen LogP contribution in [0, 0.1) is 0 Å². The van der Waals surface area contributed by atoms with E-state index in [-0.39, 0.29) is 22.6 Å². The molecule has 4 rings (SSSR count). The fourth-order valence-electron chi connectivity index (χ4n) is 3.55. The molecular weight excluding hydrogens is 460 g/mol. The van der Waals surface area contributed by atoms with Crippen LogP contribution in [0.25, 0.3) is 0 Å². The SMILES string of the molecule is COC(=O)c1cc(Nc2ncnc(N(Cc3ccccc3)c3ccccn3)c2N)cc(C(=O)OC)c1. The highest BCUT2D eigenvalue weighted by molar-refractivity contribution is 5.97. The number of benzene rings is 2. The molecule has 36 heavy (non-hydrogen) atoms. The smallest absolute Gasteiger partial charge is 0.337 e. The number of hydrogen-bond acceptors (Lipinski definition) is 10. The van der Waals surface area contributed by atoms with Crippen molar-refractivity contribution >= 4 is 40.8 Å². The lowest BCUT2D eigenvalue weighted by Crippen LogP contribution is -2.21. The maximum absolute atomic E-state index is 12.2. The van der Waals surface area contributed by atoms with Crippen LogP contribution >= 0.6 is 0 Å². The first-order chi connectivity index (χ1) is 17.5. The van der Waals surface area contributed by atoms with E-state index in [9.17, 15) is 9.59 Å². The zero-order valence-corrected chi connectivity index (χ0v) is 19.7. The minimum absolute atomic E-state index is 0.162. The van der Waals surface area contributed by atoms with Crippen molar-refractivity contribution in [1.29, 1.82) is 0 Å². The van der Waals surface area contributed by atoms with Crippen LogP contribution in [0.1, 0.15) is 26.3 Å². The number of nitrogens with two attached hydrogens (primary N) is 1. The van der Waals surface area contributed by atoms with Crippen LogP contribution in [0.3, 0.4) is 0 Å². The van der Waals surface area contributed by atoms with Gasteiger partial charge in [0.1, 0.15) is 17.8 Å². The number of rotatable bonds is 8. The Kier molecular flexibility index (Phi) is 7.35. The Morgan fingerprint density at radius 1 is 0.889 bits per heavy atom. The van der Waals surface area contributed by atoms with Crippen molar-refractivity contribution in [1.82, 2.24) is 15.0 Å². The topological polar surface area (TPSA) is 133 Å². The predicted octanol–water partition coefficient (Wildman–Crippen LogP) is 4.11. The summed E-state index contributed by atoms with van der Waals surface area (Å²) in [5.41, 5.74) is 8.53. The third-order valence-corrected chi connectivity index (χ3v) is 5.27. The van der Waals surface area contributed by atoms with Crippen molar-refractivity contribution in [3.63, 3.8) is 0 Å². The number of nitrogen functional groups attached to an aromatic ring is 1. The van der Waals surface area contributed by atoms with Gasteiger partial charge in [-0.15, -0.1) is 0 Å². The first-order valence-corrected chi connectivity index (χ1v) is 10.9. The quantitative estimate of drug-likeness (QED) is 0.352. The molecule has 0 unspecified atom stereocenters. The lowest BCUT2D eigenvalue weighted by molar-refractivity contribution is 0.0599. The van der Waals surface area contributed by atoms with E-state index in [4.69, 9.17) is 15.2 Å². The number of pyridine rings is 1. The first-order valence-electron chi connectivity index (χ1n) is 10.9. The van der Waals surface area contributed by atoms with Gasteiger partial charge in [0.25, 0.3) is 0 Å². The van der Waals surface area contributed by atoms with Gasteiger partial charge in [0, 0.05) is 11.9 Å². The summed E-state index contributed by atoms with van der Waals surface area (Å²) in [6.07, 6.45) is 3.07. The predicted molar refractivity (Wildman–Crippen MR) is 135 cm³/mol. The molecule has 0 aliphatic rings. The van der Waals surface area contributed by atoms with E-state index in [1.165, 1.54) is 38.7 Å². The van der Waals surface area contributed by atoms with Crippen molar-refractivity contribution in [2.45, 2.75) is 6.54 Å². The largest absolute Gasteiger partial charge is 0.465 e. The summed E-state index contributed by atoms with van der Waals surface area (Å²) in [5, 5.41) is 3.08. The van der Waals surface area contributed by atoms with Crippen LogP contribution in [0.15, 0.2) is 79.3 Å². The number of anilines is 5. The van der Waals surface area contributed by atoms with Crippen molar-refractivity contribution in [2.75, 3.05) is 30.2 Å². The van der Waals surface area contributed by atoms with Gasteiger partial charge < -0.3 is 25.4 Å². The molecule has 0 atom stereocenters. The molecule has 0 aliphatic heterocycles.